The molecule has 0 N–H and O–H groups in total. The maximum atomic E-state index is 12.0. The molecule has 0 radical (unpaired) electrons. The second-order valence-corrected chi connectivity index (χ2v) is 6.54. The number of nitrogens with zero attached hydrogens (tertiary/aromatic N) is 2. The lowest BCUT2D eigenvalue weighted by atomic mass is 10.2. The van der Waals surface area contributed by atoms with Gasteiger partial charge in [0.25, 0.3) is 5.89 Å². The number of methoxy groups -OCH3 is 1. The zero-order valence-corrected chi connectivity index (χ0v) is 14.4. The highest BCUT2D eigenvalue weighted by atomic mass is 35.5. The summed E-state index contributed by atoms with van der Waals surface area (Å²) in [5.41, 5.74) is 0.748. The first-order chi connectivity index (χ1) is 11.6. The van der Waals surface area contributed by atoms with Crippen molar-refractivity contribution < 1.29 is 18.7 Å². The van der Waals surface area contributed by atoms with Crippen LogP contribution in [0.4, 0.5) is 0 Å². The number of carbonyl (C=O) groups excluding carboxylic acids is 1. The van der Waals surface area contributed by atoms with Crippen molar-refractivity contribution in [3.05, 3.63) is 51.5 Å². The Hall–Kier alpha value is -2.38. The van der Waals surface area contributed by atoms with Gasteiger partial charge in [0.2, 0.25) is 5.89 Å². The van der Waals surface area contributed by atoms with Crippen LogP contribution in [-0.2, 0) is 4.74 Å². The fourth-order valence-corrected chi connectivity index (χ4v) is 2.87. The first kappa shape index (κ1) is 16.5. The molecule has 0 unspecified atom stereocenters. The van der Waals surface area contributed by atoms with Gasteiger partial charge in [0.1, 0.15) is 10.6 Å². The molecule has 0 spiro atoms. The summed E-state index contributed by atoms with van der Waals surface area (Å²) in [5.74, 6) is 0.811. The van der Waals surface area contributed by atoms with Gasteiger partial charge in [-0.25, -0.2) is 4.79 Å². The summed E-state index contributed by atoms with van der Waals surface area (Å²) in [4.78, 5) is 12.4. The molecule has 0 amide bonds. The number of ether oxygens (including phenoxy) is 2. The van der Waals surface area contributed by atoms with E-state index in [0.29, 0.717) is 15.1 Å². The lowest BCUT2D eigenvalue weighted by Gasteiger charge is -2.07. The molecule has 1 aromatic carbocycles. The minimum Gasteiger partial charge on any atom is -0.497 e. The van der Waals surface area contributed by atoms with E-state index in [1.807, 2.05) is 0 Å². The third-order valence-electron chi connectivity index (χ3n) is 3.18. The average Bonchev–Trinajstić information content (AvgIpc) is 3.24. The number of thiophene rings is 1. The van der Waals surface area contributed by atoms with Crippen LogP contribution in [0, 0.1) is 0 Å². The lowest BCUT2D eigenvalue weighted by Crippen LogP contribution is -2.08. The molecule has 0 saturated carbocycles. The molecule has 8 heteroatoms. The van der Waals surface area contributed by atoms with Crippen molar-refractivity contribution in [2.45, 2.75) is 13.0 Å². The molecule has 0 saturated heterocycles. The lowest BCUT2D eigenvalue weighted by molar-refractivity contribution is 0.0285. The molecule has 24 heavy (non-hydrogen) atoms. The molecule has 124 valence electrons. The Kier molecular flexibility index (Phi) is 4.82. The first-order valence-electron chi connectivity index (χ1n) is 7.01. The molecular formula is C16H13ClN2O4S. The number of rotatable bonds is 5. The zero-order valence-electron chi connectivity index (χ0n) is 12.9. The number of benzene rings is 1. The van der Waals surface area contributed by atoms with E-state index < -0.39 is 12.1 Å². The van der Waals surface area contributed by atoms with Gasteiger partial charge in [-0.05, 0) is 43.3 Å². The molecule has 2 aromatic heterocycles. The molecule has 1 atom stereocenters. The Bertz CT molecular complexity index is 844. The highest BCUT2D eigenvalue weighted by Crippen LogP contribution is 2.27. The van der Waals surface area contributed by atoms with Gasteiger partial charge in [0, 0.05) is 5.56 Å². The van der Waals surface area contributed by atoms with Crippen LogP contribution < -0.4 is 4.74 Å². The van der Waals surface area contributed by atoms with Crippen molar-refractivity contribution in [3.63, 3.8) is 0 Å². The van der Waals surface area contributed by atoms with Crippen molar-refractivity contribution in [2.24, 2.45) is 0 Å². The number of halogens is 1. The Labute approximate surface area is 147 Å². The fraction of sp³-hybridized carbons (Fsp3) is 0.188. The SMILES string of the molecule is COc1ccc(-c2nnc([C@@H](C)OC(=O)c3ccc(Cl)s3)o2)cc1. The molecule has 2 heterocycles. The Morgan fingerprint density at radius 1 is 1.21 bits per heavy atom. The molecule has 0 aliphatic heterocycles. The van der Waals surface area contributed by atoms with Crippen molar-refractivity contribution in [1.29, 1.82) is 0 Å². The third-order valence-corrected chi connectivity index (χ3v) is 4.39. The van der Waals surface area contributed by atoms with E-state index in [9.17, 15) is 4.79 Å². The molecule has 6 nitrogen and oxygen atoms in total. The average molecular weight is 365 g/mol. The summed E-state index contributed by atoms with van der Waals surface area (Å²) in [5, 5.41) is 7.92. The van der Waals surface area contributed by atoms with Crippen LogP contribution in [0.3, 0.4) is 0 Å². The molecule has 0 aliphatic rings. The molecule has 3 rings (SSSR count). The van der Waals surface area contributed by atoms with Crippen LogP contribution in [0.25, 0.3) is 11.5 Å². The minimum atomic E-state index is -0.669. The maximum Gasteiger partial charge on any atom is 0.349 e. The monoisotopic (exact) mass is 364 g/mol. The van der Waals surface area contributed by atoms with Crippen molar-refractivity contribution >= 4 is 28.9 Å². The van der Waals surface area contributed by atoms with Crippen LogP contribution in [0.5, 0.6) is 5.75 Å². The number of hydrogen-bond donors (Lipinski definition) is 0. The summed E-state index contributed by atoms with van der Waals surface area (Å²) in [6.07, 6.45) is -0.669. The summed E-state index contributed by atoms with van der Waals surface area (Å²) in [6.45, 7) is 1.67. The smallest absolute Gasteiger partial charge is 0.349 e. The topological polar surface area (TPSA) is 74.5 Å². The van der Waals surface area contributed by atoms with Gasteiger partial charge in [0.15, 0.2) is 6.10 Å². The normalized spacial score (nSPS) is 12.0. The van der Waals surface area contributed by atoms with Gasteiger partial charge in [-0.1, -0.05) is 11.6 Å². The van der Waals surface area contributed by atoms with E-state index in [2.05, 4.69) is 10.2 Å². The summed E-state index contributed by atoms with van der Waals surface area (Å²) >= 11 is 6.96. The summed E-state index contributed by atoms with van der Waals surface area (Å²) in [6, 6.07) is 10.5. The maximum absolute atomic E-state index is 12.0. The third kappa shape index (κ3) is 3.58. The van der Waals surface area contributed by atoms with Gasteiger partial charge < -0.3 is 13.9 Å². The first-order valence-corrected chi connectivity index (χ1v) is 8.20. The Morgan fingerprint density at radius 3 is 2.58 bits per heavy atom. The molecule has 3 aromatic rings. The van der Waals surface area contributed by atoms with Crippen molar-refractivity contribution in [2.75, 3.05) is 7.11 Å². The van der Waals surface area contributed by atoms with E-state index >= 15 is 0 Å². The fourth-order valence-electron chi connectivity index (χ4n) is 1.94. The molecule has 0 fully saturated rings. The summed E-state index contributed by atoms with van der Waals surface area (Å²) < 4.78 is 16.5. The number of aromatic nitrogens is 2. The van der Waals surface area contributed by atoms with E-state index in [1.54, 1.807) is 50.4 Å². The van der Waals surface area contributed by atoms with E-state index in [-0.39, 0.29) is 5.89 Å². The Balaban J connectivity index is 1.71. The van der Waals surface area contributed by atoms with E-state index in [1.165, 1.54) is 0 Å². The van der Waals surface area contributed by atoms with Gasteiger partial charge in [-0.2, -0.15) is 0 Å². The molecular weight excluding hydrogens is 352 g/mol. The van der Waals surface area contributed by atoms with Crippen LogP contribution in [0.2, 0.25) is 4.34 Å². The standard InChI is InChI=1S/C16H13ClN2O4S/c1-9(22-16(20)12-7-8-13(17)24-12)14-18-19-15(23-14)10-3-5-11(21-2)6-4-10/h3-9H,1-2H3/t9-/m1/s1. The van der Waals surface area contributed by atoms with Gasteiger partial charge in [-0.3, -0.25) is 0 Å². The van der Waals surface area contributed by atoms with Crippen LogP contribution >= 0.6 is 22.9 Å². The minimum absolute atomic E-state index is 0.219. The predicted octanol–water partition coefficient (Wildman–Crippen LogP) is 4.38. The highest BCUT2D eigenvalue weighted by molar-refractivity contribution is 7.17. The zero-order chi connectivity index (χ0) is 17.1. The van der Waals surface area contributed by atoms with Crippen molar-refractivity contribution in [3.8, 4) is 17.2 Å². The quantitative estimate of drug-likeness (QED) is 0.625. The predicted molar refractivity (Wildman–Crippen MR) is 89.4 cm³/mol. The van der Waals surface area contributed by atoms with E-state index in [0.717, 1.165) is 22.6 Å². The molecule has 0 bridgehead atoms. The number of esters is 1. The second-order valence-electron chi connectivity index (χ2n) is 4.83. The number of hydrogen-bond acceptors (Lipinski definition) is 7. The van der Waals surface area contributed by atoms with Gasteiger partial charge >= 0.3 is 5.97 Å². The van der Waals surface area contributed by atoms with Gasteiger partial charge in [-0.15, -0.1) is 21.5 Å². The molecule has 0 aliphatic carbocycles. The van der Waals surface area contributed by atoms with E-state index in [4.69, 9.17) is 25.5 Å². The van der Waals surface area contributed by atoms with Crippen LogP contribution in [0.1, 0.15) is 28.6 Å². The summed E-state index contributed by atoms with van der Waals surface area (Å²) in [7, 11) is 1.59. The number of carbonyl (C=O) groups is 1. The van der Waals surface area contributed by atoms with Gasteiger partial charge in [0.05, 0.1) is 11.4 Å². The second kappa shape index (κ2) is 7.02. The highest BCUT2D eigenvalue weighted by Gasteiger charge is 2.21. The largest absolute Gasteiger partial charge is 0.497 e. The van der Waals surface area contributed by atoms with Crippen LogP contribution in [-0.4, -0.2) is 23.3 Å². The van der Waals surface area contributed by atoms with Crippen LogP contribution in [0.15, 0.2) is 40.8 Å². The Morgan fingerprint density at radius 2 is 1.96 bits per heavy atom. The van der Waals surface area contributed by atoms with Crippen molar-refractivity contribution in [1.82, 2.24) is 10.2 Å².